The van der Waals surface area contributed by atoms with Crippen molar-refractivity contribution in [2.45, 2.75) is 32.6 Å². The number of halogens is 1. The van der Waals surface area contributed by atoms with Gasteiger partial charge < -0.3 is 5.32 Å². The minimum atomic E-state index is -0.254. The summed E-state index contributed by atoms with van der Waals surface area (Å²) < 4.78 is 12.8. The van der Waals surface area contributed by atoms with Gasteiger partial charge in [0.25, 0.3) is 0 Å². The van der Waals surface area contributed by atoms with Gasteiger partial charge in [0.15, 0.2) is 0 Å². The highest BCUT2D eigenvalue weighted by molar-refractivity contribution is 5.90. The summed E-state index contributed by atoms with van der Waals surface area (Å²) in [5.41, 5.74) is 3.06. The predicted molar refractivity (Wildman–Crippen MR) is 83.8 cm³/mol. The molecule has 0 radical (unpaired) electrons. The number of anilines is 1. The van der Waals surface area contributed by atoms with E-state index in [0.29, 0.717) is 12.8 Å². The van der Waals surface area contributed by atoms with E-state index in [2.05, 4.69) is 12.2 Å². The van der Waals surface area contributed by atoms with Crippen LogP contribution in [-0.4, -0.2) is 5.91 Å². The summed E-state index contributed by atoms with van der Waals surface area (Å²) in [5, 5.41) is 2.88. The Morgan fingerprint density at radius 1 is 0.952 bits per heavy atom. The standard InChI is InChI=1S/C18H20FNO/c1-2-3-14-6-11-17(12-7-14)20-18(21)13-8-15-4-9-16(19)10-5-15/h4-7,9-12H,2-3,8,13H2,1H3,(H,20,21). The fourth-order valence-electron chi connectivity index (χ4n) is 2.18. The van der Waals surface area contributed by atoms with Gasteiger partial charge in [-0.05, 0) is 48.2 Å². The summed E-state index contributed by atoms with van der Waals surface area (Å²) >= 11 is 0. The van der Waals surface area contributed by atoms with Gasteiger partial charge in [-0.15, -0.1) is 0 Å². The van der Waals surface area contributed by atoms with E-state index in [9.17, 15) is 9.18 Å². The van der Waals surface area contributed by atoms with Gasteiger partial charge in [-0.2, -0.15) is 0 Å². The highest BCUT2D eigenvalue weighted by Gasteiger charge is 2.03. The average Bonchev–Trinajstić information content (AvgIpc) is 2.49. The first-order chi connectivity index (χ1) is 10.2. The van der Waals surface area contributed by atoms with E-state index in [4.69, 9.17) is 0 Å². The molecule has 0 aliphatic carbocycles. The van der Waals surface area contributed by atoms with Crippen LogP contribution in [0.1, 0.15) is 30.9 Å². The number of nitrogens with one attached hydrogen (secondary N) is 1. The SMILES string of the molecule is CCCc1ccc(NC(=O)CCc2ccc(F)cc2)cc1. The van der Waals surface area contributed by atoms with Crippen LogP contribution in [0, 0.1) is 5.82 Å². The Balaban J connectivity index is 1.82. The van der Waals surface area contributed by atoms with Gasteiger partial charge in [-0.25, -0.2) is 4.39 Å². The molecule has 110 valence electrons. The minimum absolute atomic E-state index is 0.0254. The summed E-state index contributed by atoms with van der Waals surface area (Å²) in [4.78, 5) is 11.9. The molecule has 2 nitrogen and oxygen atoms in total. The Bertz CT molecular complexity index is 575. The molecule has 0 aliphatic rings. The summed E-state index contributed by atoms with van der Waals surface area (Å²) in [6, 6.07) is 14.2. The quantitative estimate of drug-likeness (QED) is 0.840. The van der Waals surface area contributed by atoms with E-state index in [0.717, 1.165) is 24.1 Å². The highest BCUT2D eigenvalue weighted by atomic mass is 19.1. The lowest BCUT2D eigenvalue weighted by Gasteiger charge is -2.06. The molecule has 0 aromatic heterocycles. The van der Waals surface area contributed by atoms with Crippen molar-refractivity contribution in [3.05, 3.63) is 65.5 Å². The monoisotopic (exact) mass is 285 g/mol. The Morgan fingerprint density at radius 2 is 1.52 bits per heavy atom. The van der Waals surface area contributed by atoms with Gasteiger partial charge in [-0.1, -0.05) is 37.6 Å². The number of aryl methyl sites for hydroxylation is 2. The number of amides is 1. The second-order valence-electron chi connectivity index (χ2n) is 5.12. The second-order valence-corrected chi connectivity index (χ2v) is 5.12. The van der Waals surface area contributed by atoms with Gasteiger partial charge in [0.1, 0.15) is 5.82 Å². The molecule has 21 heavy (non-hydrogen) atoms. The van der Waals surface area contributed by atoms with Gasteiger partial charge in [-0.3, -0.25) is 4.79 Å². The molecule has 0 saturated carbocycles. The number of rotatable bonds is 6. The zero-order chi connectivity index (χ0) is 15.1. The largest absolute Gasteiger partial charge is 0.326 e. The lowest BCUT2D eigenvalue weighted by Crippen LogP contribution is -2.12. The zero-order valence-electron chi connectivity index (χ0n) is 12.2. The van der Waals surface area contributed by atoms with Crippen molar-refractivity contribution < 1.29 is 9.18 Å². The molecule has 3 heteroatoms. The van der Waals surface area contributed by atoms with Crippen molar-refractivity contribution in [1.29, 1.82) is 0 Å². The molecule has 0 bridgehead atoms. The van der Waals surface area contributed by atoms with Crippen molar-refractivity contribution in [3.63, 3.8) is 0 Å². The van der Waals surface area contributed by atoms with E-state index in [1.54, 1.807) is 12.1 Å². The first-order valence-electron chi connectivity index (χ1n) is 7.30. The summed E-state index contributed by atoms with van der Waals surface area (Å²) in [6.07, 6.45) is 3.17. The van der Waals surface area contributed by atoms with E-state index < -0.39 is 0 Å². The third-order valence-corrected chi connectivity index (χ3v) is 3.33. The molecule has 2 rings (SSSR count). The third kappa shape index (κ3) is 5.03. The van der Waals surface area contributed by atoms with Crippen molar-refractivity contribution in [1.82, 2.24) is 0 Å². The lowest BCUT2D eigenvalue weighted by molar-refractivity contribution is -0.116. The molecule has 0 aliphatic heterocycles. The third-order valence-electron chi connectivity index (χ3n) is 3.33. The topological polar surface area (TPSA) is 29.1 Å². The first-order valence-corrected chi connectivity index (χ1v) is 7.30. The maximum absolute atomic E-state index is 12.8. The fraction of sp³-hybridized carbons (Fsp3) is 0.278. The van der Waals surface area contributed by atoms with Crippen LogP contribution in [0.2, 0.25) is 0 Å². The van der Waals surface area contributed by atoms with Crippen LogP contribution in [0.15, 0.2) is 48.5 Å². The van der Waals surface area contributed by atoms with E-state index in [1.807, 2.05) is 24.3 Å². The zero-order valence-corrected chi connectivity index (χ0v) is 12.2. The molecule has 0 spiro atoms. The van der Waals surface area contributed by atoms with Gasteiger partial charge in [0, 0.05) is 12.1 Å². The van der Waals surface area contributed by atoms with Gasteiger partial charge in [0.05, 0.1) is 0 Å². The van der Waals surface area contributed by atoms with Crippen LogP contribution >= 0.6 is 0 Å². The molecule has 2 aromatic carbocycles. The van der Waals surface area contributed by atoms with Crippen LogP contribution < -0.4 is 5.32 Å². The maximum atomic E-state index is 12.8. The minimum Gasteiger partial charge on any atom is -0.326 e. The van der Waals surface area contributed by atoms with Crippen molar-refractivity contribution in [3.8, 4) is 0 Å². The van der Waals surface area contributed by atoms with Crippen molar-refractivity contribution in [2.75, 3.05) is 5.32 Å². The Morgan fingerprint density at radius 3 is 2.14 bits per heavy atom. The Labute approximate surface area is 125 Å². The molecule has 0 unspecified atom stereocenters. The number of carbonyl (C=O) groups is 1. The summed E-state index contributed by atoms with van der Waals surface area (Å²) in [5.74, 6) is -0.280. The molecule has 1 amide bonds. The smallest absolute Gasteiger partial charge is 0.224 e. The second kappa shape index (κ2) is 7.58. The number of carbonyl (C=O) groups excluding carboxylic acids is 1. The Hall–Kier alpha value is -2.16. The summed E-state index contributed by atoms with van der Waals surface area (Å²) in [7, 11) is 0. The number of hydrogen-bond acceptors (Lipinski definition) is 1. The molecule has 1 N–H and O–H groups in total. The molecule has 0 saturated heterocycles. The average molecular weight is 285 g/mol. The molecule has 0 fully saturated rings. The van der Waals surface area contributed by atoms with Crippen LogP contribution in [-0.2, 0) is 17.6 Å². The lowest BCUT2D eigenvalue weighted by atomic mass is 10.1. The molecule has 2 aromatic rings. The van der Waals surface area contributed by atoms with E-state index in [1.165, 1.54) is 17.7 Å². The maximum Gasteiger partial charge on any atom is 0.224 e. The molecular formula is C18H20FNO. The van der Waals surface area contributed by atoms with Crippen LogP contribution in [0.5, 0.6) is 0 Å². The van der Waals surface area contributed by atoms with Crippen LogP contribution in [0.3, 0.4) is 0 Å². The number of hydrogen-bond donors (Lipinski definition) is 1. The first kappa shape index (κ1) is 15.2. The fourth-order valence-corrected chi connectivity index (χ4v) is 2.18. The normalized spacial score (nSPS) is 10.4. The Kier molecular flexibility index (Phi) is 5.50. The summed E-state index contributed by atoms with van der Waals surface area (Å²) in [6.45, 7) is 2.14. The van der Waals surface area contributed by atoms with E-state index >= 15 is 0 Å². The van der Waals surface area contributed by atoms with Crippen molar-refractivity contribution >= 4 is 11.6 Å². The van der Waals surface area contributed by atoms with Crippen LogP contribution in [0.4, 0.5) is 10.1 Å². The van der Waals surface area contributed by atoms with Gasteiger partial charge in [0.2, 0.25) is 5.91 Å². The van der Waals surface area contributed by atoms with Crippen molar-refractivity contribution in [2.24, 2.45) is 0 Å². The molecule has 0 atom stereocenters. The predicted octanol–water partition coefficient (Wildman–Crippen LogP) is 4.35. The highest BCUT2D eigenvalue weighted by Crippen LogP contribution is 2.12. The number of benzene rings is 2. The van der Waals surface area contributed by atoms with E-state index in [-0.39, 0.29) is 11.7 Å². The van der Waals surface area contributed by atoms with Crippen LogP contribution in [0.25, 0.3) is 0 Å². The molecular weight excluding hydrogens is 265 g/mol. The van der Waals surface area contributed by atoms with Gasteiger partial charge >= 0.3 is 0 Å². The molecule has 0 heterocycles.